The van der Waals surface area contributed by atoms with Crippen molar-refractivity contribution >= 4 is 29.4 Å². The summed E-state index contributed by atoms with van der Waals surface area (Å²) in [5.74, 6) is 0.977. The van der Waals surface area contributed by atoms with Gasteiger partial charge in [-0.25, -0.2) is 4.98 Å². The fourth-order valence-electron chi connectivity index (χ4n) is 5.48. The number of hydrogen-bond acceptors (Lipinski definition) is 13. The monoisotopic (exact) mass is 564 g/mol. The fourth-order valence-corrected chi connectivity index (χ4v) is 5.48. The second kappa shape index (κ2) is 11.7. The van der Waals surface area contributed by atoms with Crippen LogP contribution in [0.1, 0.15) is 49.4 Å². The molecule has 15 nitrogen and oxygen atoms in total. The first-order valence-electron chi connectivity index (χ1n) is 13.6. The molecule has 0 bridgehead atoms. The van der Waals surface area contributed by atoms with Crippen molar-refractivity contribution in [1.82, 2.24) is 39.7 Å². The molecule has 1 saturated carbocycles. The Labute approximate surface area is 234 Å². The van der Waals surface area contributed by atoms with E-state index in [0.717, 1.165) is 31.2 Å². The minimum absolute atomic E-state index is 0.138. The Hall–Kier alpha value is -4.21. The van der Waals surface area contributed by atoms with Crippen LogP contribution in [0.2, 0.25) is 0 Å². The summed E-state index contributed by atoms with van der Waals surface area (Å²) < 4.78 is 13.0. The van der Waals surface area contributed by atoms with Gasteiger partial charge in [0.2, 0.25) is 11.8 Å². The maximum atomic E-state index is 11.4. The first-order valence-corrected chi connectivity index (χ1v) is 13.6. The van der Waals surface area contributed by atoms with Crippen LogP contribution >= 0.6 is 0 Å². The van der Waals surface area contributed by atoms with Crippen LogP contribution in [0.5, 0.6) is 0 Å². The van der Waals surface area contributed by atoms with E-state index in [1.165, 1.54) is 11.1 Å². The molecule has 216 valence electrons. The number of nitrogens with zero attached hydrogens (tertiary/aromatic N) is 8. The lowest BCUT2D eigenvalue weighted by molar-refractivity contribution is -0.142. The average molecular weight is 565 g/mol. The molecule has 1 unspecified atom stereocenters. The number of tetrazole rings is 1. The molecule has 2 aliphatic rings. The Morgan fingerprint density at radius 3 is 2.73 bits per heavy atom. The van der Waals surface area contributed by atoms with Crippen molar-refractivity contribution in [2.24, 2.45) is 7.05 Å². The predicted octanol–water partition coefficient (Wildman–Crippen LogP) is 0.892. The van der Waals surface area contributed by atoms with Crippen molar-refractivity contribution in [3.8, 4) is 0 Å². The van der Waals surface area contributed by atoms with Crippen LogP contribution in [-0.2, 0) is 27.7 Å². The molecule has 4 N–H and O–H groups in total. The van der Waals surface area contributed by atoms with Crippen LogP contribution in [0.15, 0.2) is 36.7 Å². The standard InChI is InChI=1S/C26H32N10O5/c1-35-33-23(32-34-35)20-19(39)21(40-14-38)25(41-20)36-13-27-18-22(28-16-9-5-6-10-16)30-26(31-24(18)36)29-17(12-37)11-15-7-3-2-4-8-15/h2-4,7-8,13-14,16-17,19-21,25,37,39H,5-6,9-12H2,1H3,(H2,28,29,30,31)/t17-,19+,20?,21+,25+/m0/s1. The highest BCUT2D eigenvalue weighted by Gasteiger charge is 2.49. The number of nitrogens with one attached hydrogen (secondary N) is 2. The van der Waals surface area contributed by atoms with E-state index in [1.54, 1.807) is 11.6 Å². The van der Waals surface area contributed by atoms with Crippen molar-refractivity contribution in [3.05, 3.63) is 48.0 Å². The highest BCUT2D eigenvalue weighted by Crippen LogP contribution is 2.40. The number of carbonyl (C=O) groups is 1. The third kappa shape index (κ3) is 5.55. The smallest absolute Gasteiger partial charge is 0.293 e. The van der Waals surface area contributed by atoms with Gasteiger partial charge in [0.1, 0.15) is 6.10 Å². The lowest BCUT2D eigenvalue weighted by Gasteiger charge is -2.21. The number of rotatable bonds is 11. The molecular formula is C26H32N10O5. The number of anilines is 2. The van der Waals surface area contributed by atoms with E-state index in [9.17, 15) is 15.0 Å². The van der Waals surface area contributed by atoms with E-state index in [4.69, 9.17) is 19.4 Å². The topological polar surface area (TPSA) is 187 Å². The van der Waals surface area contributed by atoms with Crippen LogP contribution in [0.3, 0.4) is 0 Å². The maximum absolute atomic E-state index is 11.4. The van der Waals surface area contributed by atoms with Gasteiger partial charge in [0, 0.05) is 6.04 Å². The van der Waals surface area contributed by atoms with Gasteiger partial charge in [-0.1, -0.05) is 43.2 Å². The van der Waals surface area contributed by atoms with Crippen LogP contribution in [0.4, 0.5) is 11.8 Å². The molecule has 4 aromatic rings. The largest absolute Gasteiger partial charge is 0.457 e. The highest BCUT2D eigenvalue weighted by atomic mass is 16.6. The van der Waals surface area contributed by atoms with Gasteiger partial charge in [-0.05, 0) is 30.0 Å². The molecule has 5 atom stereocenters. The number of aliphatic hydroxyl groups is 2. The molecule has 41 heavy (non-hydrogen) atoms. The third-order valence-electron chi connectivity index (χ3n) is 7.47. The second-order valence-corrected chi connectivity index (χ2v) is 10.3. The SMILES string of the molecule is Cn1nnc(C2O[C@@H](n3cnc4c(NC5CCCC5)nc(N[C@H](CO)Cc5ccccc5)nc43)[C@H](OC=O)[C@@H]2O)n1. The molecule has 6 rings (SSSR count). The van der Waals surface area contributed by atoms with Crippen LogP contribution in [-0.4, -0.2) is 87.3 Å². The van der Waals surface area contributed by atoms with E-state index < -0.39 is 24.5 Å². The highest BCUT2D eigenvalue weighted by molar-refractivity contribution is 5.84. The summed E-state index contributed by atoms with van der Waals surface area (Å²) in [5.41, 5.74) is 1.94. The Balaban J connectivity index is 1.37. The minimum Gasteiger partial charge on any atom is -0.457 e. The number of aromatic nitrogens is 8. The Morgan fingerprint density at radius 2 is 2.02 bits per heavy atom. The fraction of sp³-hybridized carbons (Fsp3) is 0.500. The molecule has 0 amide bonds. The quantitative estimate of drug-likeness (QED) is 0.188. The summed E-state index contributed by atoms with van der Waals surface area (Å²) in [6.07, 6.45) is 2.00. The summed E-state index contributed by atoms with van der Waals surface area (Å²) in [4.78, 5) is 26.7. The normalized spacial score (nSPS) is 23.6. The van der Waals surface area contributed by atoms with E-state index in [2.05, 4.69) is 31.0 Å². The molecule has 0 spiro atoms. The van der Waals surface area contributed by atoms with Crippen molar-refractivity contribution in [3.63, 3.8) is 0 Å². The van der Waals surface area contributed by atoms with Crippen molar-refractivity contribution < 1.29 is 24.5 Å². The molecule has 1 saturated heterocycles. The first-order chi connectivity index (χ1) is 20.0. The Morgan fingerprint density at radius 1 is 1.22 bits per heavy atom. The number of fused-ring (bicyclic) bond motifs is 1. The number of carbonyl (C=O) groups excluding carboxylic acids is 1. The van der Waals surface area contributed by atoms with Crippen LogP contribution in [0, 0.1) is 0 Å². The van der Waals surface area contributed by atoms with Crippen LogP contribution < -0.4 is 10.6 Å². The zero-order valence-electron chi connectivity index (χ0n) is 22.4. The van der Waals surface area contributed by atoms with Crippen LogP contribution in [0.25, 0.3) is 11.2 Å². The molecule has 4 heterocycles. The Kier molecular flexibility index (Phi) is 7.71. The molecule has 1 aliphatic heterocycles. The summed E-state index contributed by atoms with van der Waals surface area (Å²) >= 11 is 0. The van der Waals surface area contributed by atoms with Crippen molar-refractivity contribution in [1.29, 1.82) is 0 Å². The number of imidazole rings is 1. The number of aryl methyl sites for hydroxylation is 1. The van der Waals surface area contributed by atoms with Gasteiger partial charge in [-0.2, -0.15) is 14.8 Å². The first kappa shape index (κ1) is 27.0. The summed E-state index contributed by atoms with van der Waals surface area (Å²) in [6, 6.07) is 9.72. The zero-order valence-corrected chi connectivity index (χ0v) is 22.4. The number of aliphatic hydroxyl groups excluding tert-OH is 2. The molecule has 15 heteroatoms. The number of ether oxygens (including phenoxy) is 2. The summed E-state index contributed by atoms with van der Waals surface area (Å²) in [5, 5.41) is 39.9. The van der Waals surface area contributed by atoms with Gasteiger partial charge in [0.25, 0.3) is 6.47 Å². The minimum atomic E-state index is -1.27. The molecule has 2 fully saturated rings. The molecular weight excluding hydrogens is 532 g/mol. The average Bonchev–Trinajstić information content (AvgIpc) is 3.78. The Bertz CT molecular complexity index is 1470. The number of benzene rings is 1. The zero-order chi connectivity index (χ0) is 28.3. The molecule has 1 aromatic carbocycles. The summed E-state index contributed by atoms with van der Waals surface area (Å²) in [7, 11) is 1.60. The van der Waals surface area contributed by atoms with Gasteiger partial charge in [0.15, 0.2) is 35.4 Å². The van der Waals surface area contributed by atoms with E-state index in [1.807, 2.05) is 30.3 Å². The number of hydrogen-bond donors (Lipinski definition) is 4. The molecule has 3 aromatic heterocycles. The van der Waals surface area contributed by atoms with Crippen molar-refractivity contribution in [2.75, 3.05) is 17.2 Å². The maximum Gasteiger partial charge on any atom is 0.293 e. The van der Waals surface area contributed by atoms with Gasteiger partial charge in [-0.15, -0.1) is 10.2 Å². The second-order valence-electron chi connectivity index (χ2n) is 10.3. The summed E-state index contributed by atoms with van der Waals surface area (Å²) in [6.45, 7) is 0.126. The van der Waals surface area contributed by atoms with Gasteiger partial charge >= 0.3 is 0 Å². The van der Waals surface area contributed by atoms with Crippen molar-refractivity contribution in [2.45, 2.75) is 68.7 Å². The van der Waals surface area contributed by atoms with Gasteiger partial charge in [-0.3, -0.25) is 9.36 Å². The lowest BCUT2D eigenvalue weighted by atomic mass is 10.1. The predicted molar refractivity (Wildman–Crippen MR) is 144 cm³/mol. The molecule has 0 radical (unpaired) electrons. The molecule has 1 aliphatic carbocycles. The third-order valence-corrected chi connectivity index (χ3v) is 7.47. The lowest BCUT2D eigenvalue weighted by Crippen LogP contribution is -2.32. The van der Waals surface area contributed by atoms with Gasteiger partial charge in [0.05, 0.1) is 26.0 Å². The van der Waals surface area contributed by atoms with E-state index in [0.29, 0.717) is 23.4 Å². The van der Waals surface area contributed by atoms with E-state index >= 15 is 0 Å². The van der Waals surface area contributed by atoms with E-state index in [-0.39, 0.29) is 36.9 Å². The van der Waals surface area contributed by atoms with Gasteiger partial charge < -0.3 is 30.3 Å².